The highest BCUT2D eigenvalue weighted by Crippen LogP contribution is 2.63. The van der Waals surface area contributed by atoms with Gasteiger partial charge in [-0.2, -0.15) is 0 Å². The lowest BCUT2D eigenvalue weighted by molar-refractivity contribution is -0.0309. The van der Waals surface area contributed by atoms with E-state index in [2.05, 4.69) is 32.1 Å². The molecule has 20 heavy (non-hydrogen) atoms. The fourth-order valence-corrected chi connectivity index (χ4v) is 6.19. The minimum Gasteiger partial charge on any atom is -0.389 e. The lowest BCUT2D eigenvalue weighted by atomic mass is 9.47. The van der Waals surface area contributed by atoms with E-state index in [0.29, 0.717) is 10.8 Å². The van der Waals surface area contributed by atoms with Gasteiger partial charge in [0, 0.05) is 0 Å². The van der Waals surface area contributed by atoms with Gasteiger partial charge < -0.3 is 5.11 Å². The van der Waals surface area contributed by atoms with Crippen molar-refractivity contribution in [3.05, 3.63) is 23.8 Å². The molecule has 1 N–H and O–H groups in total. The molecule has 4 rings (SSSR count). The van der Waals surface area contributed by atoms with Crippen LogP contribution in [0.25, 0.3) is 0 Å². The van der Waals surface area contributed by atoms with Crippen molar-refractivity contribution in [1.82, 2.24) is 0 Å². The molecule has 1 heteroatoms. The fourth-order valence-electron chi connectivity index (χ4n) is 6.19. The van der Waals surface area contributed by atoms with E-state index < -0.39 is 0 Å². The smallest absolute Gasteiger partial charge is 0.0724 e. The second kappa shape index (κ2) is 4.22. The van der Waals surface area contributed by atoms with Gasteiger partial charge >= 0.3 is 0 Å². The van der Waals surface area contributed by atoms with Crippen molar-refractivity contribution in [2.24, 2.45) is 28.6 Å². The van der Waals surface area contributed by atoms with Gasteiger partial charge in [-0.3, -0.25) is 0 Å². The van der Waals surface area contributed by atoms with E-state index in [9.17, 15) is 5.11 Å². The molecule has 4 aliphatic rings. The van der Waals surface area contributed by atoms with Gasteiger partial charge in [0.1, 0.15) is 0 Å². The van der Waals surface area contributed by atoms with Crippen molar-refractivity contribution < 1.29 is 5.11 Å². The Balaban J connectivity index is 1.68. The van der Waals surface area contributed by atoms with E-state index in [1.165, 1.54) is 38.5 Å². The predicted octanol–water partition coefficient (Wildman–Crippen LogP) is 4.48. The Morgan fingerprint density at radius 3 is 2.80 bits per heavy atom. The highest BCUT2D eigenvalue weighted by molar-refractivity contribution is 5.26. The van der Waals surface area contributed by atoms with Crippen LogP contribution in [0, 0.1) is 28.6 Å². The average Bonchev–Trinajstić information content (AvgIpc) is 2.81. The Bertz CT molecular complexity index is 476. The van der Waals surface area contributed by atoms with Crippen LogP contribution in [0.1, 0.15) is 58.8 Å². The Kier molecular flexibility index (Phi) is 2.77. The molecule has 0 bridgehead atoms. The van der Waals surface area contributed by atoms with Crippen molar-refractivity contribution in [1.29, 1.82) is 0 Å². The van der Waals surface area contributed by atoms with Crippen molar-refractivity contribution in [3.8, 4) is 0 Å². The zero-order chi connectivity index (χ0) is 14.0. The van der Waals surface area contributed by atoms with Gasteiger partial charge in [0.15, 0.2) is 0 Å². The maximum absolute atomic E-state index is 9.96. The quantitative estimate of drug-likeness (QED) is 0.645. The third-order valence-corrected chi connectivity index (χ3v) is 7.42. The fraction of sp³-hybridized carbons (Fsp3) is 0.789. The number of fused-ring (bicyclic) bond motifs is 5. The Hall–Kier alpha value is -0.560. The summed E-state index contributed by atoms with van der Waals surface area (Å²) in [6.07, 6.45) is 15.9. The molecule has 0 amide bonds. The number of allylic oxidation sites excluding steroid dienone is 3. The Morgan fingerprint density at radius 2 is 1.95 bits per heavy atom. The van der Waals surface area contributed by atoms with Crippen molar-refractivity contribution in [2.45, 2.75) is 64.9 Å². The molecule has 0 unspecified atom stereocenters. The first-order valence-corrected chi connectivity index (χ1v) is 8.60. The first kappa shape index (κ1) is 13.1. The SMILES string of the molecule is C[C@]12CC[C@H](O)C=C1CC[C@H]1[C@@H]2CC[C@@]2(C)C=CC[C@@H]12. The number of rotatable bonds is 0. The molecule has 0 heterocycles. The van der Waals surface area contributed by atoms with E-state index in [1.54, 1.807) is 5.57 Å². The molecule has 0 saturated heterocycles. The third kappa shape index (κ3) is 1.65. The molecule has 0 spiro atoms. The lowest BCUT2D eigenvalue weighted by Crippen LogP contribution is -2.49. The number of aliphatic hydroxyl groups is 1. The van der Waals surface area contributed by atoms with Crippen LogP contribution in [0.3, 0.4) is 0 Å². The maximum atomic E-state index is 9.96. The van der Waals surface area contributed by atoms with Crippen LogP contribution < -0.4 is 0 Å². The van der Waals surface area contributed by atoms with Crippen molar-refractivity contribution >= 4 is 0 Å². The van der Waals surface area contributed by atoms with Gasteiger partial charge in [-0.15, -0.1) is 0 Å². The second-order valence-corrected chi connectivity index (χ2v) is 8.31. The van der Waals surface area contributed by atoms with E-state index in [1.807, 2.05) is 0 Å². The molecule has 6 atom stereocenters. The van der Waals surface area contributed by atoms with Gasteiger partial charge in [-0.05, 0) is 73.5 Å². The highest BCUT2D eigenvalue weighted by atomic mass is 16.3. The minimum atomic E-state index is -0.170. The van der Waals surface area contributed by atoms with E-state index in [0.717, 1.165) is 24.2 Å². The number of aliphatic hydroxyl groups excluding tert-OH is 1. The van der Waals surface area contributed by atoms with Crippen molar-refractivity contribution in [3.63, 3.8) is 0 Å². The molecular formula is C19H28O. The average molecular weight is 272 g/mol. The van der Waals surface area contributed by atoms with Crippen molar-refractivity contribution in [2.75, 3.05) is 0 Å². The topological polar surface area (TPSA) is 20.2 Å². The zero-order valence-electron chi connectivity index (χ0n) is 12.9. The van der Waals surface area contributed by atoms with Gasteiger partial charge in [0.05, 0.1) is 6.10 Å². The Labute approximate surface area is 123 Å². The summed E-state index contributed by atoms with van der Waals surface area (Å²) in [5, 5.41) is 9.96. The predicted molar refractivity (Wildman–Crippen MR) is 82.2 cm³/mol. The van der Waals surface area contributed by atoms with Gasteiger partial charge in [-0.1, -0.05) is 37.6 Å². The number of hydrogen-bond donors (Lipinski definition) is 1. The van der Waals surface area contributed by atoms with Crippen LogP contribution in [-0.2, 0) is 0 Å². The van der Waals surface area contributed by atoms with Crippen LogP contribution in [0.4, 0.5) is 0 Å². The molecule has 2 fully saturated rings. The summed E-state index contributed by atoms with van der Waals surface area (Å²) in [6.45, 7) is 5.00. The van der Waals surface area contributed by atoms with Crippen LogP contribution >= 0.6 is 0 Å². The molecule has 0 aromatic rings. The van der Waals surface area contributed by atoms with Crippen LogP contribution in [-0.4, -0.2) is 11.2 Å². The number of hydrogen-bond acceptors (Lipinski definition) is 1. The molecule has 0 radical (unpaired) electrons. The first-order chi connectivity index (χ1) is 9.53. The summed E-state index contributed by atoms with van der Waals surface area (Å²) in [4.78, 5) is 0. The summed E-state index contributed by atoms with van der Waals surface area (Å²) >= 11 is 0. The van der Waals surface area contributed by atoms with Gasteiger partial charge in [-0.25, -0.2) is 0 Å². The molecule has 2 saturated carbocycles. The molecule has 0 aromatic carbocycles. The normalized spacial score (nSPS) is 53.9. The van der Waals surface area contributed by atoms with E-state index >= 15 is 0 Å². The van der Waals surface area contributed by atoms with E-state index in [4.69, 9.17) is 0 Å². The molecule has 4 aliphatic carbocycles. The summed E-state index contributed by atoms with van der Waals surface area (Å²) in [6, 6.07) is 0. The second-order valence-electron chi connectivity index (χ2n) is 8.31. The third-order valence-electron chi connectivity index (χ3n) is 7.42. The molecular weight excluding hydrogens is 244 g/mol. The van der Waals surface area contributed by atoms with Gasteiger partial charge in [0.2, 0.25) is 0 Å². The summed E-state index contributed by atoms with van der Waals surface area (Å²) in [5.41, 5.74) is 2.48. The minimum absolute atomic E-state index is 0.170. The van der Waals surface area contributed by atoms with E-state index in [-0.39, 0.29) is 6.10 Å². The molecule has 110 valence electrons. The standard InChI is InChI=1S/C19H28O/c1-18-9-3-4-16(18)15-6-5-13-12-14(20)7-11-19(13,2)17(15)8-10-18/h3,9,12,14-17,20H,4-8,10-11H2,1-2H3/t14-,15+,16-,17-,18+,19-/m0/s1. The summed E-state index contributed by atoms with van der Waals surface area (Å²) in [5.74, 6) is 2.68. The largest absolute Gasteiger partial charge is 0.389 e. The lowest BCUT2D eigenvalue weighted by Gasteiger charge is -2.57. The molecule has 0 aromatic heterocycles. The van der Waals surface area contributed by atoms with Crippen LogP contribution in [0.15, 0.2) is 23.8 Å². The van der Waals surface area contributed by atoms with Gasteiger partial charge in [0.25, 0.3) is 0 Å². The van der Waals surface area contributed by atoms with Crippen LogP contribution in [0.2, 0.25) is 0 Å². The summed E-state index contributed by atoms with van der Waals surface area (Å²) in [7, 11) is 0. The monoisotopic (exact) mass is 272 g/mol. The highest BCUT2D eigenvalue weighted by Gasteiger charge is 2.54. The maximum Gasteiger partial charge on any atom is 0.0724 e. The molecule has 1 nitrogen and oxygen atoms in total. The summed E-state index contributed by atoms with van der Waals surface area (Å²) < 4.78 is 0. The zero-order valence-corrected chi connectivity index (χ0v) is 12.9. The Morgan fingerprint density at radius 1 is 1.10 bits per heavy atom. The first-order valence-electron chi connectivity index (χ1n) is 8.60. The van der Waals surface area contributed by atoms with Crippen LogP contribution in [0.5, 0.6) is 0 Å². The molecule has 0 aliphatic heterocycles.